The van der Waals surface area contributed by atoms with Crippen molar-refractivity contribution in [1.29, 1.82) is 0 Å². The van der Waals surface area contributed by atoms with Crippen LogP contribution in [0.3, 0.4) is 0 Å². The van der Waals surface area contributed by atoms with E-state index in [1.807, 2.05) is 30.9 Å². The molecule has 5 heteroatoms. The summed E-state index contributed by atoms with van der Waals surface area (Å²) in [6.07, 6.45) is 1.13. The predicted molar refractivity (Wildman–Crippen MR) is 76.3 cm³/mol. The Morgan fingerprint density at radius 1 is 1.59 bits per heavy atom. The standard InChI is InChI=1S/C12H14BrClFNS/c1-16-12(7-4-5-17-6-7)8-2-3-9(13)10(14)11(8)15/h2-3,7,12,16H,4-6H2,1H3. The van der Waals surface area contributed by atoms with E-state index in [0.29, 0.717) is 16.0 Å². The van der Waals surface area contributed by atoms with Crippen LogP contribution in [0.5, 0.6) is 0 Å². The summed E-state index contributed by atoms with van der Waals surface area (Å²) in [6, 6.07) is 3.68. The first kappa shape index (κ1) is 13.7. The number of thioether (sulfide) groups is 1. The monoisotopic (exact) mass is 337 g/mol. The van der Waals surface area contributed by atoms with E-state index in [1.54, 1.807) is 0 Å². The lowest BCUT2D eigenvalue weighted by molar-refractivity contribution is 0.404. The third-order valence-electron chi connectivity index (χ3n) is 3.15. The Balaban J connectivity index is 2.33. The highest BCUT2D eigenvalue weighted by Crippen LogP contribution is 2.37. The molecule has 1 heterocycles. The normalized spacial score (nSPS) is 21.8. The molecule has 94 valence electrons. The van der Waals surface area contributed by atoms with E-state index >= 15 is 0 Å². The molecule has 2 rings (SSSR count). The third-order valence-corrected chi connectivity index (χ3v) is 5.59. The van der Waals surface area contributed by atoms with Crippen LogP contribution in [0.4, 0.5) is 4.39 Å². The third kappa shape index (κ3) is 2.80. The lowest BCUT2D eigenvalue weighted by Gasteiger charge is -2.23. The van der Waals surface area contributed by atoms with Gasteiger partial charge in [0.05, 0.1) is 5.02 Å². The summed E-state index contributed by atoms with van der Waals surface area (Å²) in [5, 5.41) is 3.39. The van der Waals surface area contributed by atoms with Crippen LogP contribution in [0.2, 0.25) is 5.02 Å². The van der Waals surface area contributed by atoms with E-state index < -0.39 is 0 Å². The van der Waals surface area contributed by atoms with Crippen LogP contribution >= 0.6 is 39.3 Å². The average molecular weight is 339 g/mol. The van der Waals surface area contributed by atoms with Gasteiger partial charge in [-0.3, -0.25) is 0 Å². The van der Waals surface area contributed by atoms with Crippen LogP contribution < -0.4 is 5.32 Å². The van der Waals surface area contributed by atoms with Crippen LogP contribution in [-0.4, -0.2) is 18.6 Å². The highest BCUT2D eigenvalue weighted by molar-refractivity contribution is 9.10. The van der Waals surface area contributed by atoms with Crippen LogP contribution in [0.25, 0.3) is 0 Å². The molecule has 0 aliphatic carbocycles. The molecule has 1 fully saturated rings. The molecule has 1 N–H and O–H groups in total. The molecule has 0 bridgehead atoms. The quantitative estimate of drug-likeness (QED) is 0.827. The van der Waals surface area contributed by atoms with Gasteiger partial charge in [0.2, 0.25) is 0 Å². The van der Waals surface area contributed by atoms with Crippen molar-refractivity contribution in [2.75, 3.05) is 18.6 Å². The van der Waals surface area contributed by atoms with Gasteiger partial charge in [-0.25, -0.2) is 4.39 Å². The highest BCUT2D eigenvalue weighted by Gasteiger charge is 2.28. The Morgan fingerprint density at radius 2 is 2.35 bits per heavy atom. The molecule has 2 unspecified atom stereocenters. The molecule has 0 aromatic heterocycles. The Kier molecular flexibility index (Phi) is 4.75. The maximum Gasteiger partial charge on any atom is 0.147 e. The molecule has 0 spiro atoms. The summed E-state index contributed by atoms with van der Waals surface area (Å²) < 4.78 is 14.8. The van der Waals surface area contributed by atoms with Crippen LogP contribution in [0, 0.1) is 11.7 Å². The topological polar surface area (TPSA) is 12.0 Å². The Hall–Kier alpha value is 0.230. The van der Waals surface area contributed by atoms with Crippen LogP contribution in [0.15, 0.2) is 16.6 Å². The number of hydrogen-bond acceptors (Lipinski definition) is 2. The predicted octanol–water partition coefficient (Wildman–Crippen LogP) is 4.26. The maximum atomic E-state index is 14.1. The molecule has 1 aliphatic heterocycles. The van der Waals surface area contributed by atoms with Crippen molar-refractivity contribution in [3.8, 4) is 0 Å². The SMILES string of the molecule is CNC(c1ccc(Br)c(Cl)c1F)C1CCSC1. The summed E-state index contributed by atoms with van der Waals surface area (Å²) in [5.74, 6) is 2.42. The Morgan fingerprint density at radius 3 is 2.94 bits per heavy atom. The number of nitrogens with one attached hydrogen (secondary N) is 1. The highest BCUT2D eigenvalue weighted by atomic mass is 79.9. The summed E-state index contributed by atoms with van der Waals surface area (Å²) in [5.41, 5.74) is 0.674. The first-order valence-corrected chi connectivity index (χ1v) is 7.86. The molecule has 0 amide bonds. The number of hydrogen-bond donors (Lipinski definition) is 1. The fourth-order valence-electron chi connectivity index (χ4n) is 2.24. The Bertz CT molecular complexity index is 410. The molecule has 1 saturated heterocycles. The van der Waals surface area contributed by atoms with E-state index in [-0.39, 0.29) is 16.9 Å². The molecule has 17 heavy (non-hydrogen) atoms. The van der Waals surface area contributed by atoms with Crippen molar-refractivity contribution >= 4 is 39.3 Å². The van der Waals surface area contributed by atoms with Crippen molar-refractivity contribution in [3.05, 3.63) is 33.0 Å². The fourth-order valence-corrected chi connectivity index (χ4v) is 4.02. The minimum atomic E-state index is -0.308. The molecule has 1 nitrogen and oxygen atoms in total. The first-order valence-electron chi connectivity index (χ1n) is 5.53. The summed E-state index contributed by atoms with van der Waals surface area (Å²) >= 11 is 11.1. The zero-order chi connectivity index (χ0) is 12.4. The fraction of sp³-hybridized carbons (Fsp3) is 0.500. The van der Waals surface area contributed by atoms with Gasteiger partial charge in [0, 0.05) is 16.1 Å². The van der Waals surface area contributed by atoms with Crippen LogP contribution in [-0.2, 0) is 0 Å². The van der Waals surface area contributed by atoms with E-state index in [1.165, 1.54) is 0 Å². The van der Waals surface area contributed by atoms with E-state index in [9.17, 15) is 4.39 Å². The lowest BCUT2D eigenvalue weighted by Crippen LogP contribution is -2.26. The van der Waals surface area contributed by atoms with Gasteiger partial charge in [0.1, 0.15) is 5.82 Å². The lowest BCUT2D eigenvalue weighted by atomic mass is 9.92. The zero-order valence-electron chi connectivity index (χ0n) is 9.47. The van der Waals surface area contributed by atoms with E-state index in [4.69, 9.17) is 11.6 Å². The summed E-state index contributed by atoms with van der Waals surface area (Å²) in [7, 11) is 1.88. The van der Waals surface area contributed by atoms with Gasteiger partial charge in [-0.2, -0.15) is 11.8 Å². The van der Waals surface area contributed by atoms with Crippen molar-refractivity contribution in [1.82, 2.24) is 5.32 Å². The molecule has 0 saturated carbocycles. The largest absolute Gasteiger partial charge is 0.313 e. The van der Waals surface area contributed by atoms with Gasteiger partial charge in [0.25, 0.3) is 0 Å². The van der Waals surface area contributed by atoms with Gasteiger partial charge in [0.15, 0.2) is 0 Å². The van der Waals surface area contributed by atoms with Gasteiger partial charge >= 0.3 is 0 Å². The van der Waals surface area contributed by atoms with E-state index in [0.717, 1.165) is 17.9 Å². The average Bonchev–Trinajstić information content (AvgIpc) is 2.84. The van der Waals surface area contributed by atoms with Crippen molar-refractivity contribution in [3.63, 3.8) is 0 Å². The molecule has 1 aromatic rings. The second kappa shape index (κ2) is 5.91. The second-order valence-electron chi connectivity index (χ2n) is 4.15. The molecule has 1 aliphatic rings. The molecule has 0 radical (unpaired) electrons. The number of benzene rings is 1. The van der Waals surface area contributed by atoms with Gasteiger partial charge in [-0.1, -0.05) is 17.7 Å². The summed E-state index contributed by atoms with van der Waals surface area (Å²) in [6.45, 7) is 0. The van der Waals surface area contributed by atoms with Gasteiger partial charge in [-0.05, 0) is 52.9 Å². The number of halogens is 3. The minimum Gasteiger partial charge on any atom is -0.313 e. The minimum absolute atomic E-state index is 0.0515. The molecular weight excluding hydrogens is 325 g/mol. The number of rotatable bonds is 3. The van der Waals surface area contributed by atoms with Crippen molar-refractivity contribution < 1.29 is 4.39 Å². The van der Waals surface area contributed by atoms with Gasteiger partial charge in [-0.15, -0.1) is 0 Å². The summed E-state index contributed by atoms with van der Waals surface area (Å²) in [4.78, 5) is 0. The first-order chi connectivity index (χ1) is 8.15. The smallest absolute Gasteiger partial charge is 0.147 e. The van der Waals surface area contributed by atoms with Gasteiger partial charge < -0.3 is 5.32 Å². The zero-order valence-corrected chi connectivity index (χ0v) is 12.6. The Labute approximate surface area is 119 Å². The molecule has 1 aromatic carbocycles. The second-order valence-corrected chi connectivity index (χ2v) is 6.54. The molecular formula is C12H14BrClFNS. The maximum absolute atomic E-state index is 14.1. The van der Waals surface area contributed by atoms with E-state index in [2.05, 4.69) is 21.2 Å². The van der Waals surface area contributed by atoms with Crippen molar-refractivity contribution in [2.45, 2.75) is 12.5 Å². The van der Waals surface area contributed by atoms with Crippen LogP contribution in [0.1, 0.15) is 18.0 Å². The molecule has 2 atom stereocenters. The van der Waals surface area contributed by atoms with Crippen molar-refractivity contribution in [2.24, 2.45) is 5.92 Å².